The van der Waals surface area contributed by atoms with Crippen molar-refractivity contribution in [1.29, 1.82) is 0 Å². The molecule has 1 nitrogen and oxygen atoms in total. The summed E-state index contributed by atoms with van der Waals surface area (Å²) in [7, 11) is 0. The van der Waals surface area contributed by atoms with Crippen molar-refractivity contribution in [2.45, 2.75) is 53.4 Å². The molecule has 0 aromatic heterocycles. The Bertz CT molecular complexity index is 197. The molecular weight excluding hydrogens is 172 g/mol. The molecule has 1 rings (SSSR count). The Balaban J connectivity index is 2.55. The van der Waals surface area contributed by atoms with Gasteiger partial charge in [-0.15, -0.1) is 0 Å². The molecule has 1 fully saturated rings. The molecule has 82 valence electrons. The van der Waals surface area contributed by atoms with E-state index in [4.69, 9.17) is 0 Å². The first-order chi connectivity index (χ1) is 6.57. The minimum atomic E-state index is 0.269. The summed E-state index contributed by atoms with van der Waals surface area (Å²) in [6, 6.07) is 0. The summed E-state index contributed by atoms with van der Waals surface area (Å²) in [5.74, 6) is 2.36. The number of carbonyl (C=O) groups excluding carboxylic acids is 1. The molecule has 1 aliphatic rings. The molecule has 1 saturated carbocycles. The highest BCUT2D eigenvalue weighted by Crippen LogP contribution is 2.35. The van der Waals surface area contributed by atoms with E-state index in [1.807, 2.05) is 0 Å². The summed E-state index contributed by atoms with van der Waals surface area (Å²) in [5, 5.41) is 0. The predicted molar refractivity (Wildman–Crippen MR) is 60.1 cm³/mol. The minimum Gasteiger partial charge on any atom is -0.299 e. The zero-order chi connectivity index (χ0) is 10.7. The van der Waals surface area contributed by atoms with Gasteiger partial charge in [0, 0.05) is 11.8 Å². The van der Waals surface area contributed by atoms with Crippen LogP contribution in [0.4, 0.5) is 0 Å². The summed E-state index contributed by atoms with van der Waals surface area (Å²) in [5.41, 5.74) is 0. The average Bonchev–Trinajstić information content (AvgIpc) is 2.61. The molecule has 0 radical (unpaired) electrons. The Morgan fingerprint density at radius 2 is 2.00 bits per heavy atom. The average molecular weight is 196 g/mol. The third-order valence-electron chi connectivity index (χ3n) is 4.17. The molecule has 0 bridgehead atoms. The van der Waals surface area contributed by atoms with Crippen molar-refractivity contribution in [1.82, 2.24) is 0 Å². The third kappa shape index (κ3) is 2.37. The number of rotatable bonds is 4. The lowest BCUT2D eigenvalue weighted by molar-refractivity contribution is -0.128. The predicted octanol–water partition coefficient (Wildman–Crippen LogP) is 3.67. The van der Waals surface area contributed by atoms with Gasteiger partial charge in [0.15, 0.2) is 0 Å². The summed E-state index contributed by atoms with van der Waals surface area (Å²) < 4.78 is 0. The molecule has 0 amide bonds. The molecule has 0 heterocycles. The number of carbonyl (C=O) groups is 1. The second-order valence-electron chi connectivity index (χ2n) is 5.09. The van der Waals surface area contributed by atoms with Crippen molar-refractivity contribution < 1.29 is 4.79 Å². The van der Waals surface area contributed by atoms with E-state index in [0.29, 0.717) is 23.5 Å². The fraction of sp³-hybridized carbons (Fsp3) is 0.923. The van der Waals surface area contributed by atoms with Crippen molar-refractivity contribution in [3.05, 3.63) is 0 Å². The smallest absolute Gasteiger partial charge is 0.139 e. The van der Waals surface area contributed by atoms with Crippen molar-refractivity contribution in [2.75, 3.05) is 0 Å². The topological polar surface area (TPSA) is 17.1 Å². The number of hydrogen-bond acceptors (Lipinski definition) is 1. The Morgan fingerprint density at radius 1 is 1.36 bits per heavy atom. The molecular formula is C13H24O. The van der Waals surface area contributed by atoms with Crippen molar-refractivity contribution >= 4 is 5.78 Å². The summed E-state index contributed by atoms with van der Waals surface area (Å²) in [6.07, 6.45) is 4.77. The highest BCUT2D eigenvalue weighted by Gasteiger charge is 2.33. The molecule has 0 spiro atoms. The van der Waals surface area contributed by atoms with Crippen LogP contribution in [0.1, 0.15) is 53.4 Å². The molecule has 1 heteroatoms. The van der Waals surface area contributed by atoms with Crippen LogP contribution in [0.2, 0.25) is 0 Å². The summed E-state index contributed by atoms with van der Waals surface area (Å²) in [6.45, 7) is 8.72. The largest absolute Gasteiger partial charge is 0.299 e. The first-order valence-corrected chi connectivity index (χ1v) is 6.11. The monoisotopic (exact) mass is 196 g/mol. The Morgan fingerprint density at radius 3 is 2.43 bits per heavy atom. The van der Waals surface area contributed by atoms with E-state index in [1.165, 1.54) is 12.8 Å². The van der Waals surface area contributed by atoms with Gasteiger partial charge in [0.2, 0.25) is 0 Å². The quantitative estimate of drug-likeness (QED) is 0.670. The highest BCUT2D eigenvalue weighted by molar-refractivity contribution is 5.83. The lowest BCUT2D eigenvalue weighted by atomic mass is 9.81. The number of hydrogen-bond donors (Lipinski definition) is 0. The standard InChI is InChI=1S/C13H24O/c1-5-9(2)11(4)13(14)12-8-6-7-10(12)3/h9-12H,5-8H2,1-4H3/t9-,10+,11-,12?/m0/s1. The molecule has 0 N–H and O–H groups in total. The van der Waals surface area contributed by atoms with Gasteiger partial charge in [-0.25, -0.2) is 0 Å². The second kappa shape index (κ2) is 4.95. The maximum atomic E-state index is 12.2. The van der Waals surface area contributed by atoms with E-state index < -0.39 is 0 Å². The van der Waals surface area contributed by atoms with Gasteiger partial charge in [-0.1, -0.05) is 40.5 Å². The fourth-order valence-corrected chi connectivity index (χ4v) is 2.54. The zero-order valence-electron chi connectivity index (χ0n) is 10.0. The molecule has 0 aliphatic heterocycles. The lowest BCUT2D eigenvalue weighted by Crippen LogP contribution is -2.27. The van der Waals surface area contributed by atoms with E-state index >= 15 is 0 Å². The van der Waals surface area contributed by atoms with Gasteiger partial charge >= 0.3 is 0 Å². The van der Waals surface area contributed by atoms with E-state index in [-0.39, 0.29) is 5.92 Å². The summed E-state index contributed by atoms with van der Waals surface area (Å²) >= 11 is 0. The molecule has 0 aromatic rings. The maximum Gasteiger partial charge on any atom is 0.139 e. The maximum absolute atomic E-state index is 12.2. The molecule has 0 saturated heterocycles. The van der Waals surface area contributed by atoms with Gasteiger partial charge in [-0.05, 0) is 24.7 Å². The molecule has 1 unspecified atom stereocenters. The van der Waals surface area contributed by atoms with Crippen LogP contribution < -0.4 is 0 Å². The van der Waals surface area contributed by atoms with Crippen molar-refractivity contribution in [2.24, 2.45) is 23.7 Å². The molecule has 4 atom stereocenters. The van der Waals surface area contributed by atoms with Gasteiger partial charge in [0.25, 0.3) is 0 Å². The van der Waals surface area contributed by atoms with Gasteiger partial charge in [-0.2, -0.15) is 0 Å². The minimum absolute atomic E-state index is 0.269. The van der Waals surface area contributed by atoms with Gasteiger partial charge in [-0.3, -0.25) is 4.79 Å². The third-order valence-corrected chi connectivity index (χ3v) is 4.17. The molecule has 1 aliphatic carbocycles. The van der Waals surface area contributed by atoms with Gasteiger partial charge in [0.05, 0.1) is 0 Å². The van der Waals surface area contributed by atoms with Crippen LogP contribution in [0.5, 0.6) is 0 Å². The van der Waals surface area contributed by atoms with Gasteiger partial charge < -0.3 is 0 Å². The van der Waals surface area contributed by atoms with E-state index in [0.717, 1.165) is 12.8 Å². The van der Waals surface area contributed by atoms with E-state index in [9.17, 15) is 4.79 Å². The first-order valence-electron chi connectivity index (χ1n) is 6.11. The second-order valence-corrected chi connectivity index (χ2v) is 5.09. The van der Waals surface area contributed by atoms with Crippen LogP contribution in [0.15, 0.2) is 0 Å². The lowest BCUT2D eigenvalue weighted by Gasteiger charge is -2.23. The first kappa shape index (κ1) is 11.7. The van der Waals surface area contributed by atoms with Crippen LogP contribution in [0.25, 0.3) is 0 Å². The van der Waals surface area contributed by atoms with Crippen molar-refractivity contribution in [3.63, 3.8) is 0 Å². The number of ketones is 1. The molecule has 0 aromatic carbocycles. The summed E-state index contributed by atoms with van der Waals surface area (Å²) in [4.78, 5) is 12.2. The van der Waals surface area contributed by atoms with Crippen LogP contribution in [-0.4, -0.2) is 5.78 Å². The Kier molecular flexibility index (Phi) is 4.15. The van der Waals surface area contributed by atoms with E-state index in [2.05, 4.69) is 27.7 Å². The van der Waals surface area contributed by atoms with Crippen LogP contribution in [-0.2, 0) is 4.79 Å². The Hall–Kier alpha value is -0.330. The Labute approximate surface area is 88.3 Å². The number of Topliss-reactive ketones (excluding diaryl/α,β-unsaturated/α-hetero) is 1. The van der Waals surface area contributed by atoms with Crippen molar-refractivity contribution in [3.8, 4) is 0 Å². The normalized spacial score (nSPS) is 31.4. The van der Waals surface area contributed by atoms with Crippen LogP contribution in [0.3, 0.4) is 0 Å². The molecule has 14 heavy (non-hydrogen) atoms. The van der Waals surface area contributed by atoms with Gasteiger partial charge in [0.1, 0.15) is 5.78 Å². The van der Waals surface area contributed by atoms with Crippen LogP contribution in [0, 0.1) is 23.7 Å². The zero-order valence-corrected chi connectivity index (χ0v) is 10.0. The fourth-order valence-electron chi connectivity index (χ4n) is 2.54. The highest BCUT2D eigenvalue weighted by atomic mass is 16.1. The SMILES string of the molecule is CC[C@H](C)[C@H](C)C(=O)C1CCC[C@H]1C. The van der Waals surface area contributed by atoms with Crippen LogP contribution >= 0.6 is 0 Å². The van der Waals surface area contributed by atoms with E-state index in [1.54, 1.807) is 0 Å².